The van der Waals surface area contributed by atoms with Crippen LogP contribution in [0.3, 0.4) is 0 Å². The van der Waals surface area contributed by atoms with Gasteiger partial charge in [0.2, 0.25) is 0 Å². The number of fused-ring (bicyclic) bond motifs is 13. The minimum Gasteiger partial charge on any atom is -0.455 e. The maximum absolute atomic E-state index is 7.28. The number of ether oxygens (including phenoxy) is 1. The fourth-order valence-corrected chi connectivity index (χ4v) is 11.9. The Morgan fingerprint density at radius 2 is 0.930 bits per heavy atom. The SMILES string of the molecule is C1=Cc2c(ccc3c2Oc2c(ccc4ccccc24)C32c3ccccc3-c3c(-c4cccc(N(c5ccc(-c6ccccc6)cc5)c5ccc(-c6cccc(-c7ccccc7)c6)cc5)c4)cccc32)CC1. The van der Waals surface area contributed by atoms with Gasteiger partial charge in [-0.1, -0.05) is 218 Å². The number of rotatable bonds is 7. The Bertz CT molecular complexity index is 3890. The Hall–Kier alpha value is -8.98. The van der Waals surface area contributed by atoms with Gasteiger partial charge in [0.1, 0.15) is 11.5 Å². The van der Waals surface area contributed by atoms with E-state index in [1.54, 1.807) is 0 Å². The first kappa shape index (κ1) is 41.0. The van der Waals surface area contributed by atoms with Crippen molar-refractivity contribution in [2.24, 2.45) is 0 Å². The summed E-state index contributed by atoms with van der Waals surface area (Å²) >= 11 is 0. The van der Waals surface area contributed by atoms with Gasteiger partial charge in [0.15, 0.2) is 0 Å². The lowest BCUT2D eigenvalue weighted by Crippen LogP contribution is -2.32. The molecule has 1 heterocycles. The van der Waals surface area contributed by atoms with Crippen LogP contribution < -0.4 is 9.64 Å². The van der Waals surface area contributed by atoms with E-state index in [1.165, 1.54) is 88.8 Å². The Kier molecular flexibility index (Phi) is 9.60. The molecule has 0 saturated carbocycles. The average molecular weight is 906 g/mol. The molecule has 0 fully saturated rings. The van der Waals surface area contributed by atoms with Crippen LogP contribution in [0.2, 0.25) is 0 Å². The summed E-state index contributed by atoms with van der Waals surface area (Å²) in [5, 5.41) is 2.31. The predicted octanol–water partition coefficient (Wildman–Crippen LogP) is 18.4. The fraction of sp³-hybridized carbons (Fsp3) is 0.0435. The van der Waals surface area contributed by atoms with Crippen molar-refractivity contribution in [3.8, 4) is 67.1 Å². The van der Waals surface area contributed by atoms with E-state index >= 15 is 0 Å². The van der Waals surface area contributed by atoms with Gasteiger partial charge < -0.3 is 9.64 Å². The minimum atomic E-state index is -0.609. The van der Waals surface area contributed by atoms with E-state index in [2.05, 4.69) is 266 Å². The van der Waals surface area contributed by atoms with E-state index < -0.39 is 5.41 Å². The summed E-state index contributed by atoms with van der Waals surface area (Å²) in [7, 11) is 0. The van der Waals surface area contributed by atoms with Crippen molar-refractivity contribution in [2.75, 3.05) is 4.90 Å². The molecule has 71 heavy (non-hydrogen) atoms. The van der Waals surface area contributed by atoms with Crippen LogP contribution in [0.5, 0.6) is 11.5 Å². The van der Waals surface area contributed by atoms with Crippen LogP contribution in [0.4, 0.5) is 17.1 Å². The number of allylic oxidation sites excluding steroid dienone is 1. The summed E-state index contributed by atoms with van der Waals surface area (Å²) in [4.78, 5) is 2.40. The number of hydrogen-bond acceptors (Lipinski definition) is 2. The molecule has 2 nitrogen and oxygen atoms in total. The number of anilines is 3. The second-order valence-electron chi connectivity index (χ2n) is 19.0. The number of nitrogens with zero attached hydrogens (tertiary/aromatic N) is 1. The van der Waals surface area contributed by atoms with Crippen LogP contribution in [0.1, 0.15) is 39.8 Å². The van der Waals surface area contributed by atoms with Crippen molar-refractivity contribution < 1.29 is 4.74 Å². The lowest BCUT2D eigenvalue weighted by Gasteiger charge is -2.41. The zero-order chi connectivity index (χ0) is 46.9. The molecule has 11 aromatic carbocycles. The Balaban J connectivity index is 0.936. The van der Waals surface area contributed by atoms with Crippen molar-refractivity contribution in [1.29, 1.82) is 0 Å². The minimum absolute atomic E-state index is 0.609. The first-order chi connectivity index (χ1) is 35.2. The predicted molar refractivity (Wildman–Crippen MR) is 295 cm³/mol. The van der Waals surface area contributed by atoms with Crippen molar-refractivity contribution in [1.82, 2.24) is 0 Å². The molecule has 1 spiro atoms. The highest BCUT2D eigenvalue weighted by Gasteiger charge is 2.52. The highest BCUT2D eigenvalue weighted by Crippen LogP contribution is 2.65. The van der Waals surface area contributed by atoms with Crippen molar-refractivity contribution in [2.45, 2.75) is 18.3 Å². The van der Waals surface area contributed by atoms with Crippen LogP contribution in [0.25, 0.3) is 72.5 Å². The molecule has 14 rings (SSSR count). The number of benzene rings is 11. The molecule has 11 aromatic rings. The molecule has 334 valence electrons. The third-order valence-corrected chi connectivity index (χ3v) is 15.2. The molecule has 0 radical (unpaired) electrons. The van der Waals surface area contributed by atoms with Gasteiger partial charge in [-0.15, -0.1) is 0 Å². The van der Waals surface area contributed by atoms with Crippen LogP contribution in [-0.4, -0.2) is 0 Å². The quantitative estimate of drug-likeness (QED) is 0.158. The Morgan fingerprint density at radius 3 is 1.70 bits per heavy atom. The lowest BCUT2D eigenvalue weighted by molar-refractivity contribution is 0.439. The van der Waals surface area contributed by atoms with Gasteiger partial charge >= 0.3 is 0 Å². The van der Waals surface area contributed by atoms with Gasteiger partial charge in [0, 0.05) is 39.1 Å². The molecule has 3 aliphatic rings. The van der Waals surface area contributed by atoms with E-state index in [0.717, 1.165) is 52.4 Å². The van der Waals surface area contributed by atoms with E-state index in [0.29, 0.717) is 0 Å². The molecular formula is C69H47NO. The van der Waals surface area contributed by atoms with Crippen LogP contribution in [-0.2, 0) is 11.8 Å². The molecular weight excluding hydrogens is 859 g/mol. The smallest absolute Gasteiger partial charge is 0.140 e. The van der Waals surface area contributed by atoms with E-state index in [-0.39, 0.29) is 0 Å². The van der Waals surface area contributed by atoms with E-state index in [9.17, 15) is 0 Å². The maximum Gasteiger partial charge on any atom is 0.140 e. The summed E-state index contributed by atoms with van der Waals surface area (Å²) < 4.78 is 7.28. The van der Waals surface area contributed by atoms with Gasteiger partial charge in [0.05, 0.1) is 5.41 Å². The molecule has 1 aliphatic heterocycles. The molecule has 2 heteroatoms. The zero-order valence-electron chi connectivity index (χ0n) is 39.1. The second-order valence-corrected chi connectivity index (χ2v) is 19.0. The molecule has 0 aromatic heterocycles. The van der Waals surface area contributed by atoms with Gasteiger partial charge in [-0.3, -0.25) is 0 Å². The lowest BCUT2D eigenvalue weighted by atomic mass is 9.65. The van der Waals surface area contributed by atoms with Gasteiger partial charge in [-0.2, -0.15) is 0 Å². The molecule has 0 bridgehead atoms. The summed E-state index contributed by atoms with van der Waals surface area (Å²) in [6, 6.07) is 91.4. The van der Waals surface area contributed by atoms with Crippen LogP contribution >= 0.6 is 0 Å². The second kappa shape index (κ2) is 16.6. The standard InChI is InChI=1S/C69H47NO/c1-3-16-46(17-4-1)48-32-38-55(39-33-48)70(56-40-34-49(35-41-56)53-23-13-22-52(44-53)47-18-5-2-6-19-47)57-25-14-24-54(45-57)58-29-15-31-63-66(58)61-28-11-12-30-62(61)69(63)64-42-36-50-20-7-9-26-59(50)67(64)71-68-60-27-10-8-21-51(60)37-43-65(68)69/h1-7,9-20,22-45H,8,21H2. The van der Waals surface area contributed by atoms with E-state index in [1.807, 2.05) is 0 Å². The topological polar surface area (TPSA) is 12.5 Å². The number of aryl methyl sites for hydroxylation is 1. The van der Waals surface area contributed by atoms with Crippen LogP contribution in [0, 0.1) is 0 Å². The Morgan fingerprint density at radius 1 is 0.366 bits per heavy atom. The first-order valence-corrected chi connectivity index (χ1v) is 24.8. The highest BCUT2D eigenvalue weighted by atomic mass is 16.5. The fourth-order valence-electron chi connectivity index (χ4n) is 11.9. The molecule has 1 unspecified atom stereocenters. The molecule has 1 atom stereocenters. The number of hydrogen-bond donors (Lipinski definition) is 0. The Labute approximate surface area is 415 Å². The average Bonchev–Trinajstić information content (AvgIpc) is 3.75. The highest BCUT2D eigenvalue weighted by molar-refractivity contribution is 6.00. The monoisotopic (exact) mass is 905 g/mol. The van der Waals surface area contributed by atoms with Gasteiger partial charge in [-0.05, 0) is 133 Å². The van der Waals surface area contributed by atoms with Crippen molar-refractivity contribution in [3.63, 3.8) is 0 Å². The summed E-state index contributed by atoms with van der Waals surface area (Å²) in [6.45, 7) is 0. The summed E-state index contributed by atoms with van der Waals surface area (Å²) in [5.74, 6) is 1.92. The molecule has 0 saturated heterocycles. The summed E-state index contributed by atoms with van der Waals surface area (Å²) in [6.07, 6.45) is 6.64. The normalized spacial score (nSPS) is 14.8. The largest absolute Gasteiger partial charge is 0.455 e. The first-order valence-electron chi connectivity index (χ1n) is 24.8. The van der Waals surface area contributed by atoms with E-state index in [4.69, 9.17) is 4.74 Å². The molecule has 0 N–H and O–H groups in total. The zero-order valence-corrected chi connectivity index (χ0v) is 39.1. The van der Waals surface area contributed by atoms with Gasteiger partial charge in [-0.25, -0.2) is 0 Å². The maximum atomic E-state index is 7.28. The third-order valence-electron chi connectivity index (χ3n) is 15.2. The van der Waals surface area contributed by atoms with Crippen LogP contribution in [0.15, 0.2) is 255 Å². The summed E-state index contributed by atoms with van der Waals surface area (Å²) in [5.41, 5.74) is 22.2. The van der Waals surface area contributed by atoms with Gasteiger partial charge in [0.25, 0.3) is 0 Å². The molecule has 2 aliphatic carbocycles. The van der Waals surface area contributed by atoms with Crippen molar-refractivity contribution in [3.05, 3.63) is 288 Å². The third kappa shape index (κ3) is 6.56. The van der Waals surface area contributed by atoms with Crippen molar-refractivity contribution >= 4 is 33.9 Å². The molecule has 0 amide bonds.